The van der Waals surface area contributed by atoms with Gasteiger partial charge in [-0.15, -0.1) is 0 Å². The second-order valence-electron chi connectivity index (χ2n) is 6.84. The Balaban J connectivity index is 1.62. The maximum Gasteiger partial charge on any atom is 0.318 e. The molecule has 0 bridgehead atoms. The number of amides is 3. The summed E-state index contributed by atoms with van der Waals surface area (Å²) in [6, 6.07) is 5.12. The summed E-state index contributed by atoms with van der Waals surface area (Å²) in [6.07, 6.45) is 0.305. The van der Waals surface area contributed by atoms with E-state index in [2.05, 4.69) is 12.4 Å². The second kappa shape index (κ2) is 7.82. The first-order valence-electron chi connectivity index (χ1n) is 8.91. The summed E-state index contributed by atoms with van der Waals surface area (Å²) in [7, 11) is 5.27. The molecule has 0 aliphatic carbocycles. The summed E-state index contributed by atoms with van der Waals surface area (Å²) >= 11 is 0. The van der Waals surface area contributed by atoms with Gasteiger partial charge in [0.2, 0.25) is 5.91 Å². The largest absolute Gasteiger partial charge is 0.493 e. The van der Waals surface area contributed by atoms with Crippen LogP contribution in [0.15, 0.2) is 18.2 Å². The van der Waals surface area contributed by atoms with Crippen LogP contribution < -0.4 is 24.6 Å². The Hall–Kier alpha value is -2.48. The number of carbonyl (C=O) groups is 2. The molecule has 2 aliphatic rings. The molecule has 0 spiro atoms. The maximum atomic E-state index is 12.4. The Bertz CT molecular complexity index is 673. The fourth-order valence-corrected chi connectivity index (χ4v) is 3.40. The minimum absolute atomic E-state index is 0.00894. The minimum Gasteiger partial charge on any atom is -0.493 e. The Morgan fingerprint density at radius 3 is 2.54 bits per heavy atom. The van der Waals surface area contributed by atoms with Crippen molar-refractivity contribution in [2.45, 2.75) is 12.5 Å². The maximum absolute atomic E-state index is 12.4. The Labute approximate surface area is 153 Å². The number of hydrogen-bond donors (Lipinski definition) is 2. The molecule has 2 saturated heterocycles. The van der Waals surface area contributed by atoms with Crippen LogP contribution in [0.25, 0.3) is 0 Å². The highest BCUT2D eigenvalue weighted by Crippen LogP contribution is 2.33. The molecule has 3 rings (SSSR count). The first kappa shape index (κ1) is 18.3. The predicted octanol–water partition coefficient (Wildman–Crippen LogP) is -0.651. The monoisotopic (exact) mass is 363 g/mol. The molecule has 142 valence electrons. The number of nitrogens with one attached hydrogen (secondary N) is 2. The molecule has 2 heterocycles. The lowest BCUT2D eigenvalue weighted by Gasteiger charge is -2.31. The molecule has 0 unspecified atom stereocenters. The highest BCUT2D eigenvalue weighted by Gasteiger charge is 2.33. The van der Waals surface area contributed by atoms with E-state index in [-0.39, 0.29) is 18.0 Å². The summed E-state index contributed by atoms with van der Waals surface area (Å²) in [5.74, 6) is 1.18. The highest BCUT2D eigenvalue weighted by molar-refractivity contribution is 5.97. The number of likely N-dealkylation sites (N-methyl/N-ethyl adjacent to an activating group) is 1. The van der Waals surface area contributed by atoms with Gasteiger partial charge in [0.25, 0.3) is 0 Å². The molecular formula is C18H27N4O4+. The van der Waals surface area contributed by atoms with E-state index in [0.717, 1.165) is 31.9 Å². The average molecular weight is 363 g/mol. The van der Waals surface area contributed by atoms with E-state index in [4.69, 9.17) is 9.47 Å². The third-order valence-corrected chi connectivity index (χ3v) is 5.04. The lowest BCUT2D eigenvalue weighted by molar-refractivity contribution is -0.883. The standard InChI is InChI=1S/C18H26N4O4/c1-20-6-8-21(9-7-20)18(24)19-13-10-17(23)22(12-13)14-4-5-15(25-2)16(11-14)26-3/h4-5,11,13H,6-10,12H2,1-3H3,(H,19,24)/p+1/t13-/m1/s1. The summed E-state index contributed by atoms with van der Waals surface area (Å²) in [5, 5.41) is 3.00. The van der Waals surface area contributed by atoms with Crippen molar-refractivity contribution in [3.8, 4) is 11.5 Å². The van der Waals surface area contributed by atoms with Crippen LogP contribution in [0, 0.1) is 0 Å². The molecule has 8 heteroatoms. The first-order valence-corrected chi connectivity index (χ1v) is 8.91. The number of quaternary nitrogens is 1. The van der Waals surface area contributed by atoms with E-state index in [9.17, 15) is 9.59 Å². The topological polar surface area (TPSA) is 75.5 Å². The molecule has 0 aromatic heterocycles. The number of urea groups is 1. The van der Waals surface area contributed by atoms with Crippen LogP contribution in [-0.2, 0) is 4.79 Å². The van der Waals surface area contributed by atoms with Gasteiger partial charge in [-0.1, -0.05) is 0 Å². The summed E-state index contributed by atoms with van der Waals surface area (Å²) in [5.41, 5.74) is 0.743. The lowest BCUT2D eigenvalue weighted by atomic mass is 10.2. The zero-order chi connectivity index (χ0) is 18.7. The van der Waals surface area contributed by atoms with Gasteiger partial charge in [0.15, 0.2) is 11.5 Å². The molecule has 26 heavy (non-hydrogen) atoms. The van der Waals surface area contributed by atoms with Crippen LogP contribution in [0.4, 0.5) is 10.5 Å². The zero-order valence-electron chi connectivity index (χ0n) is 15.6. The molecule has 2 aliphatic heterocycles. The van der Waals surface area contributed by atoms with Crippen molar-refractivity contribution in [1.29, 1.82) is 0 Å². The Kier molecular flexibility index (Phi) is 5.51. The number of anilines is 1. The number of methoxy groups -OCH3 is 2. The smallest absolute Gasteiger partial charge is 0.318 e. The molecule has 3 amide bonds. The molecule has 2 fully saturated rings. The Morgan fingerprint density at radius 2 is 1.88 bits per heavy atom. The van der Waals surface area contributed by atoms with Crippen molar-refractivity contribution in [3.05, 3.63) is 18.2 Å². The number of hydrogen-bond acceptors (Lipinski definition) is 4. The van der Waals surface area contributed by atoms with Crippen LogP contribution in [0.5, 0.6) is 11.5 Å². The van der Waals surface area contributed by atoms with Crippen molar-refractivity contribution in [2.24, 2.45) is 0 Å². The van der Waals surface area contributed by atoms with Gasteiger partial charge in [0.05, 0.1) is 53.5 Å². The number of piperazine rings is 1. The van der Waals surface area contributed by atoms with Crippen LogP contribution in [0.2, 0.25) is 0 Å². The zero-order valence-corrected chi connectivity index (χ0v) is 15.6. The van der Waals surface area contributed by atoms with Gasteiger partial charge >= 0.3 is 6.03 Å². The highest BCUT2D eigenvalue weighted by atomic mass is 16.5. The van der Waals surface area contributed by atoms with E-state index in [1.54, 1.807) is 31.3 Å². The third kappa shape index (κ3) is 3.85. The van der Waals surface area contributed by atoms with E-state index >= 15 is 0 Å². The van der Waals surface area contributed by atoms with Gasteiger partial charge in [-0.05, 0) is 12.1 Å². The molecule has 1 aromatic rings. The van der Waals surface area contributed by atoms with Gasteiger partial charge in [0, 0.05) is 24.7 Å². The average Bonchev–Trinajstić information content (AvgIpc) is 3.01. The normalized spacial score (nSPS) is 21.0. The van der Waals surface area contributed by atoms with E-state index in [1.807, 2.05) is 11.0 Å². The Morgan fingerprint density at radius 1 is 1.19 bits per heavy atom. The van der Waals surface area contributed by atoms with Crippen LogP contribution >= 0.6 is 0 Å². The SMILES string of the molecule is COc1ccc(N2C[C@H](NC(=O)N3CC[NH+](C)CC3)CC2=O)cc1OC. The van der Waals surface area contributed by atoms with Crippen molar-refractivity contribution in [2.75, 3.05) is 58.9 Å². The summed E-state index contributed by atoms with van der Waals surface area (Å²) in [4.78, 5) is 29.8. The van der Waals surface area contributed by atoms with Crippen LogP contribution in [0.1, 0.15) is 6.42 Å². The van der Waals surface area contributed by atoms with E-state index in [1.165, 1.54) is 4.90 Å². The molecule has 2 N–H and O–H groups in total. The van der Waals surface area contributed by atoms with Gasteiger partial charge < -0.3 is 29.5 Å². The van der Waals surface area contributed by atoms with Crippen LogP contribution in [0.3, 0.4) is 0 Å². The van der Waals surface area contributed by atoms with Crippen molar-refractivity contribution < 1.29 is 24.0 Å². The lowest BCUT2D eigenvalue weighted by Crippen LogP contribution is -3.12. The van der Waals surface area contributed by atoms with Gasteiger partial charge in [-0.2, -0.15) is 0 Å². The summed E-state index contributed by atoms with van der Waals surface area (Å²) in [6.45, 7) is 3.86. The molecule has 8 nitrogen and oxygen atoms in total. The van der Waals surface area contributed by atoms with Crippen molar-refractivity contribution in [3.63, 3.8) is 0 Å². The number of nitrogens with zero attached hydrogens (tertiary/aromatic N) is 2. The quantitative estimate of drug-likeness (QED) is 0.746. The number of rotatable bonds is 4. The molecule has 0 saturated carbocycles. The molecule has 0 radical (unpaired) electrons. The number of benzene rings is 1. The van der Waals surface area contributed by atoms with Gasteiger partial charge in [0.1, 0.15) is 0 Å². The third-order valence-electron chi connectivity index (χ3n) is 5.04. The van der Waals surface area contributed by atoms with E-state index < -0.39 is 0 Å². The molecule has 1 atom stereocenters. The molecule has 1 aromatic carbocycles. The van der Waals surface area contributed by atoms with Crippen LogP contribution in [-0.4, -0.2) is 76.9 Å². The molecular weight excluding hydrogens is 336 g/mol. The number of ether oxygens (including phenoxy) is 2. The van der Waals surface area contributed by atoms with Crippen molar-refractivity contribution in [1.82, 2.24) is 10.2 Å². The fraction of sp³-hybridized carbons (Fsp3) is 0.556. The predicted molar refractivity (Wildman–Crippen MR) is 97.0 cm³/mol. The van der Waals surface area contributed by atoms with E-state index in [0.29, 0.717) is 24.5 Å². The fourth-order valence-electron chi connectivity index (χ4n) is 3.40. The van der Waals surface area contributed by atoms with Gasteiger partial charge in [-0.25, -0.2) is 4.79 Å². The van der Waals surface area contributed by atoms with Crippen molar-refractivity contribution >= 4 is 17.6 Å². The summed E-state index contributed by atoms with van der Waals surface area (Å²) < 4.78 is 10.5. The van der Waals surface area contributed by atoms with Gasteiger partial charge in [-0.3, -0.25) is 4.79 Å². The minimum atomic E-state index is -0.185. The number of carbonyl (C=O) groups excluding carboxylic acids is 2. The first-order chi connectivity index (χ1) is 12.5. The second-order valence-corrected chi connectivity index (χ2v) is 6.84.